The number of hydrogen-bond donors (Lipinski definition) is 0. The number of aromatic nitrogens is 1. The van der Waals surface area contributed by atoms with Gasteiger partial charge >= 0.3 is 6.18 Å². The Kier molecular flexibility index (Phi) is 1.92. The van der Waals surface area contributed by atoms with Crippen LogP contribution in [0.15, 0.2) is 22.9 Å². The molecule has 0 radical (unpaired) electrons. The summed E-state index contributed by atoms with van der Waals surface area (Å²) in [4.78, 5) is 3.50. The van der Waals surface area contributed by atoms with Crippen LogP contribution in [0.2, 0.25) is 5.02 Å². The van der Waals surface area contributed by atoms with Crippen LogP contribution in [0.3, 0.4) is 0 Å². The molecule has 0 saturated heterocycles. The minimum Gasteiger partial charge on any atom is -0.445 e. The fourth-order valence-electron chi connectivity index (χ4n) is 1.04. The van der Waals surface area contributed by atoms with Crippen molar-refractivity contribution in [1.29, 1.82) is 0 Å². The molecule has 14 heavy (non-hydrogen) atoms. The second-order valence-corrected chi connectivity index (χ2v) is 3.07. The van der Waals surface area contributed by atoms with Crippen molar-refractivity contribution in [3.63, 3.8) is 0 Å². The third-order valence-corrected chi connectivity index (χ3v) is 2.00. The highest BCUT2D eigenvalue weighted by atomic mass is 35.5. The number of furan rings is 1. The quantitative estimate of drug-likeness (QED) is 0.681. The lowest BCUT2D eigenvalue weighted by Gasteiger charge is -2.04. The van der Waals surface area contributed by atoms with Crippen LogP contribution in [0.5, 0.6) is 0 Å². The third-order valence-electron chi connectivity index (χ3n) is 1.71. The predicted molar refractivity (Wildman–Crippen MR) is 44.0 cm³/mol. The molecular weight excluding hydrogens is 219 g/mol. The highest BCUT2D eigenvalue weighted by molar-refractivity contribution is 6.35. The van der Waals surface area contributed by atoms with Crippen LogP contribution in [0.1, 0.15) is 5.56 Å². The Labute approximate surface area is 81.3 Å². The molecule has 0 unspecified atom stereocenters. The first-order valence-corrected chi connectivity index (χ1v) is 3.96. The summed E-state index contributed by atoms with van der Waals surface area (Å²) >= 11 is 5.59. The Balaban J connectivity index is 2.66. The minimum atomic E-state index is -4.41. The van der Waals surface area contributed by atoms with E-state index in [-0.39, 0.29) is 16.1 Å². The zero-order valence-corrected chi connectivity index (χ0v) is 7.36. The summed E-state index contributed by atoms with van der Waals surface area (Å²) in [5.74, 6) is 0. The molecule has 0 aromatic carbocycles. The summed E-state index contributed by atoms with van der Waals surface area (Å²) in [5.41, 5.74) is -0.740. The molecule has 2 heterocycles. The van der Waals surface area contributed by atoms with Gasteiger partial charge in [-0.2, -0.15) is 13.2 Å². The first-order chi connectivity index (χ1) is 6.48. The maximum absolute atomic E-state index is 12.2. The van der Waals surface area contributed by atoms with Crippen molar-refractivity contribution in [2.45, 2.75) is 6.18 Å². The molecule has 0 N–H and O–H groups in total. The third kappa shape index (κ3) is 1.43. The first-order valence-electron chi connectivity index (χ1n) is 3.58. The molecule has 6 heteroatoms. The molecule has 74 valence electrons. The summed E-state index contributed by atoms with van der Waals surface area (Å²) in [6.45, 7) is 0. The van der Waals surface area contributed by atoms with Gasteiger partial charge in [0.2, 0.25) is 5.71 Å². The Morgan fingerprint density at radius 1 is 1.36 bits per heavy atom. The second kappa shape index (κ2) is 2.88. The number of halogens is 4. The first kappa shape index (κ1) is 9.33. The molecule has 0 aliphatic carbocycles. The number of alkyl halides is 3. The largest absolute Gasteiger partial charge is 0.445 e. The maximum Gasteiger partial charge on any atom is 0.417 e. The molecule has 0 amide bonds. The van der Waals surface area contributed by atoms with Crippen molar-refractivity contribution in [2.24, 2.45) is 0 Å². The van der Waals surface area contributed by atoms with Crippen LogP contribution in [-0.4, -0.2) is 4.98 Å². The van der Waals surface area contributed by atoms with E-state index >= 15 is 0 Å². The van der Waals surface area contributed by atoms with E-state index in [9.17, 15) is 13.2 Å². The van der Waals surface area contributed by atoms with E-state index in [1.807, 2.05) is 0 Å². The van der Waals surface area contributed by atoms with E-state index in [0.717, 1.165) is 12.3 Å². The van der Waals surface area contributed by atoms with Crippen molar-refractivity contribution < 1.29 is 17.6 Å². The van der Waals surface area contributed by atoms with Crippen molar-refractivity contribution in [1.82, 2.24) is 4.98 Å². The molecule has 2 nitrogen and oxygen atoms in total. The second-order valence-electron chi connectivity index (χ2n) is 2.66. The van der Waals surface area contributed by atoms with Crippen LogP contribution in [0, 0.1) is 0 Å². The van der Waals surface area contributed by atoms with Crippen LogP contribution < -0.4 is 0 Å². The average molecular weight is 222 g/mol. The van der Waals surface area contributed by atoms with Gasteiger partial charge < -0.3 is 4.42 Å². The van der Waals surface area contributed by atoms with Crippen molar-refractivity contribution in [3.05, 3.63) is 29.1 Å². The van der Waals surface area contributed by atoms with Gasteiger partial charge in [-0.3, -0.25) is 0 Å². The molecule has 0 fully saturated rings. The number of pyridine rings is 1. The van der Waals surface area contributed by atoms with E-state index in [1.54, 1.807) is 0 Å². The molecule has 0 atom stereocenters. The van der Waals surface area contributed by atoms with Gasteiger partial charge in [-0.25, -0.2) is 4.98 Å². The summed E-state index contributed by atoms with van der Waals surface area (Å²) in [6.07, 6.45) is -2.55. The zero-order chi connectivity index (χ0) is 10.3. The smallest absolute Gasteiger partial charge is 0.417 e. The van der Waals surface area contributed by atoms with Gasteiger partial charge in [-0.1, -0.05) is 11.6 Å². The zero-order valence-electron chi connectivity index (χ0n) is 6.60. The summed E-state index contributed by atoms with van der Waals surface area (Å²) in [7, 11) is 0. The Morgan fingerprint density at radius 2 is 2.07 bits per heavy atom. The minimum absolute atomic E-state index is 0.100. The molecular formula is C8H3ClF3NO. The van der Waals surface area contributed by atoms with Gasteiger partial charge in [-0.05, 0) is 6.07 Å². The Bertz CT molecular complexity index is 477. The van der Waals surface area contributed by atoms with Crippen LogP contribution in [-0.2, 0) is 6.18 Å². The molecule has 0 bridgehead atoms. The Hall–Kier alpha value is -1.23. The van der Waals surface area contributed by atoms with Crippen LogP contribution in [0.25, 0.3) is 11.1 Å². The Morgan fingerprint density at radius 3 is 2.71 bits per heavy atom. The number of hydrogen-bond acceptors (Lipinski definition) is 2. The molecule has 2 rings (SSSR count). The standard InChI is InChI=1S/C8H3ClF3NO/c9-6-3-14-7-5(6)1-4(2-13-7)8(10,11)12/h1-3H. The highest BCUT2D eigenvalue weighted by Crippen LogP contribution is 2.32. The topological polar surface area (TPSA) is 26.0 Å². The van der Waals surface area contributed by atoms with Crippen LogP contribution >= 0.6 is 11.6 Å². The fourth-order valence-corrected chi connectivity index (χ4v) is 1.22. The van der Waals surface area contributed by atoms with E-state index in [0.29, 0.717) is 6.20 Å². The lowest BCUT2D eigenvalue weighted by Crippen LogP contribution is -2.04. The predicted octanol–water partition coefficient (Wildman–Crippen LogP) is 3.50. The highest BCUT2D eigenvalue weighted by Gasteiger charge is 2.31. The molecule has 0 spiro atoms. The fraction of sp³-hybridized carbons (Fsp3) is 0.125. The molecule has 2 aromatic heterocycles. The average Bonchev–Trinajstić information content (AvgIpc) is 2.46. The van der Waals surface area contributed by atoms with Crippen molar-refractivity contribution in [2.75, 3.05) is 0 Å². The van der Waals surface area contributed by atoms with Gasteiger partial charge in [0, 0.05) is 6.20 Å². The summed E-state index contributed by atoms with van der Waals surface area (Å²) < 4.78 is 41.5. The van der Waals surface area contributed by atoms with E-state index in [4.69, 9.17) is 16.0 Å². The molecule has 0 aliphatic heterocycles. The lowest BCUT2D eigenvalue weighted by molar-refractivity contribution is -0.137. The maximum atomic E-state index is 12.2. The SMILES string of the molecule is FC(F)(F)c1cnc2occ(Cl)c2c1. The van der Waals surface area contributed by atoms with E-state index < -0.39 is 11.7 Å². The van der Waals surface area contributed by atoms with Crippen molar-refractivity contribution >= 4 is 22.7 Å². The van der Waals surface area contributed by atoms with Crippen LogP contribution in [0.4, 0.5) is 13.2 Å². The molecule has 0 aliphatic rings. The normalized spacial score (nSPS) is 12.3. The summed E-state index contributed by atoms with van der Waals surface area (Å²) in [5, 5.41) is 0.292. The van der Waals surface area contributed by atoms with Gasteiger partial charge in [-0.15, -0.1) is 0 Å². The van der Waals surface area contributed by atoms with Gasteiger partial charge in [0.1, 0.15) is 6.26 Å². The van der Waals surface area contributed by atoms with Gasteiger partial charge in [0.15, 0.2) is 0 Å². The van der Waals surface area contributed by atoms with Crippen molar-refractivity contribution in [3.8, 4) is 0 Å². The number of nitrogens with zero attached hydrogens (tertiary/aromatic N) is 1. The lowest BCUT2D eigenvalue weighted by atomic mass is 10.2. The van der Waals surface area contributed by atoms with Gasteiger partial charge in [0.25, 0.3) is 0 Å². The summed E-state index contributed by atoms with van der Waals surface area (Å²) in [6, 6.07) is 0.911. The van der Waals surface area contributed by atoms with E-state index in [2.05, 4.69) is 4.98 Å². The molecule has 2 aromatic rings. The van der Waals surface area contributed by atoms with Gasteiger partial charge in [0.05, 0.1) is 16.0 Å². The monoisotopic (exact) mass is 221 g/mol. The van der Waals surface area contributed by atoms with E-state index in [1.165, 1.54) is 0 Å². The molecule has 0 saturated carbocycles. The number of rotatable bonds is 0. The number of fused-ring (bicyclic) bond motifs is 1.